The van der Waals surface area contributed by atoms with Gasteiger partial charge in [0, 0.05) is 0 Å². The Hall–Kier alpha value is -1.36. The van der Waals surface area contributed by atoms with Crippen molar-refractivity contribution in [1.29, 1.82) is 0 Å². The Morgan fingerprint density at radius 3 is 3.00 bits per heavy atom. The van der Waals surface area contributed by atoms with Gasteiger partial charge >= 0.3 is 5.97 Å². The minimum absolute atomic E-state index is 0.0828. The normalized spacial score (nSPS) is 10.8. The van der Waals surface area contributed by atoms with Crippen LogP contribution >= 0.6 is 15.9 Å². The molecule has 0 aliphatic heterocycles. The van der Waals surface area contributed by atoms with Crippen molar-refractivity contribution in [3.05, 3.63) is 28.5 Å². The third kappa shape index (κ3) is 1.74. The highest BCUT2D eigenvalue weighted by molar-refractivity contribution is 9.10. The molecule has 0 fully saturated rings. The van der Waals surface area contributed by atoms with E-state index in [1.54, 1.807) is 4.57 Å². The van der Waals surface area contributed by atoms with E-state index in [9.17, 15) is 4.79 Å². The number of halogens is 1. The van der Waals surface area contributed by atoms with Gasteiger partial charge in [0.05, 0.1) is 11.0 Å². The number of carboxylic acid groups (broad SMARTS) is 1. The van der Waals surface area contributed by atoms with Gasteiger partial charge in [0.15, 0.2) is 4.73 Å². The second-order valence-electron chi connectivity index (χ2n) is 3.30. The Morgan fingerprint density at radius 2 is 2.33 bits per heavy atom. The number of carboxylic acids is 1. The van der Waals surface area contributed by atoms with Gasteiger partial charge in [-0.25, -0.2) is 4.98 Å². The van der Waals surface area contributed by atoms with Crippen LogP contribution in [0.25, 0.3) is 11.0 Å². The van der Waals surface area contributed by atoms with Gasteiger partial charge in [0.1, 0.15) is 6.54 Å². The number of hydrogen-bond acceptors (Lipinski definition) is 2. The molecule has 1 aromatic carbocycles. The molecule has 0 saturated heterocycles. The first-order chi connectivity index (χ1) is 7.09. The van der Waals surface area contributed by atoms with Gasteiger partial charge in [0.2, 0.25) is 0 Å². The summed E-state index contributed by atoms with van der Waals surface area (Å²) in [6.07, 6.45) is 0. The van der Waals surface area contributed by atoms with Gasteiger partial charge < -0.3 is 9.67 Å². The number of rotatable bonds is 2. The van der Waals surface area contributed by atoms with Gasteiger partial charge in [-0.15, -0.1) is 0 Å². The molecule has 0 saturated carbocycles. The fourth-order valence-electron chi connectivity index (χ4n) is 1.54. The van der Waals surface area contributed by atoms with Crippen LogP contribution in [0.5, 0.6) is 0 Å². The highest BCUT2D eigenvalue weighted by atomic mass is 79.9. The quantitative estimate of drug-likeness (QED) is 0.909. The summed E-state index contributed by atoms with van der Waals surface area (Å²) in [6, 6.07) is 5.71. The largest absolute Gasteiger partial charge is 0.480 e. The summed E-state index contributed by atoms with van der Waals surface area (Å²) in [4.78, 5) is 15.0. The zero-order valence-electron chi connectivity index (χ0n) is 8.07. The van der Waals surface area contributed by atoms with E-state index < -0.39 is 5.97 Å². The van der Waals surface area contributed by atoms with Crippen LogP contribution in [-0.2, 0) is 11.3 Å². The second-order valence-corrected chi connectivity index (χ2v) is 4.01. The number of hydrogen-bond donors (Lipinski definition) is 1. The SMILES string of the molecule is Cc1cccc2c1nc(Br)n2CC(=O)O. The first kappa shape index (κ1) is 10.2. The molecule has 5 heteroatoms. The molecular weight excluding hydrogens is 260 g/mol. The monoisotopic (exact) mass is 268 g/mol. The summed E-state index contributed by atoms with van der Waals surface area (Å²) in [5, 5.41) is 8.77. The van der Waals surface area contributed by atoms with E-state index in [4.69, 9.17) is 5.11 Å². The molecule has 0 unspecified atom stereocenters. The molecule has 0 bridgehead atoms. The van der Waals surface area contributed by atoms with Gasteiger partial charge in [0.25, 0.3) is 0 Å². The van der Waals surface area contributed by atoms with Crippen molar-refractivity contribution in [2.24, 2.45) is 0 Å². The fraction of sp³-hybridized carbons (Fsp3) is 0.200. The van der Waals surface area contributed by atoms with Gasteiger partial charge in [-0.1, -0.05) is 12.1 Å². The van der Waals surface area contributed by atoms with E-state index in [-0.39, 0.29) is 6.54 Å². The van der Waals surface area contributed by atoms with Crippen molar-refractivity contribution in [3.8, 4) is 0 Å². The zero-order chi connectivity index (χ0) is 11.0. The summed E-state index contributed by atoms with van der Waals surface area (Å²) < 4.78 is 2.18. The Labute approximate surface area is 94.7 Å². The summed E-state index contributed by atoms with van der Waals surface area (Å²) in [6.45, 7) is 1.87. The van der Waals surface area contributed by atoms with Crippen LogP contribution in [0.2, 0.25) is 0 Å². The summed E-state index contributed by atoms with van der Waals surface area (Å²) in [7, 11) is 0. The van der Waals surface area contributed by atoms with Crippen molar-refractivity contribution in [2.45, 2.75) is 13.5 Å². The number of fused-ring (bicyclic) bond motifs is 1. The number of aryl methyl sites for hydroxylation is 1. The lowest BCUT2D eigenvalue weighted by atomic mass is 10.2. The molecule has 2 rings (SSSR count). The number of carbonyl (C=O) groups is 1. The number of benzene rings is 1. The fourth-order valence-corrected chi connectivity index (χ4v) is 2.04. The number of para-hydroxylation sites is 1. The Balaban J connectivity index is 2.68. The van der Waals surface area contributed by atoms with Gasteiger partial charge in [-0.2, -0.15) is 0 Å². The smallest absolute Gasteiger partial charge is 0.323 e. The first-order valence-corrected chi connectivity index (χ1v) is 5.22. The van der Waals surface area contributed by atoms with Crippen LogP contribution in [0.3, 0.4) is 0 Å². The molecule has 4 nitrogen and oxygen atoms in total. The molecule has 15 heavy (non-hydrogen) atoms. The lowest BCUT2D eigenvalue weighted by Gasteiger charge is -2.01. The predicted molar refractivity (Wildman–Crippen MR) is 59.8 cm³/mol. The van der Waals surface area contributed by atoms with Crippen LogP contribution in [-0.4, -0.2) is 20.6 Å². The molecule has 2 aromatic rings. The average molecular weight is 269 g/mol. The molecule has 0 atom stereocenters. The van der Waals surface area contributed by atoms with Crippen molar-refractivity contribution in [1.82, 2.24) is 9.55 Å². The Bertz CT molecular complexity index is 533. The summed E-state index contributed by atoms with van der Waals surface area (Å²) >= 11 is 3.26. The van der Waals surface area contributed by atoms with E-state index in [2.05, 4.69) is 20.9 Å². The highest BCUT2D eigenvalue weighted by Crippen LogP contribution is 2.22. The van der Waals surface area contributed by atoms with E-state index in [1.165, 1.54) is 0 Å². The molecular formula is C10H9BrN2O2. The molecule has 0 aliphatic carbocycles. The molecule has 1 aromatic heterocycles. The lowest BCUT2D eigenvalue weighted by molar-refractivity contribution is -0.137. The molecule has 0 amide bonds. The molecule has 78 valence electrons. The molecule has 0 radical (unpaired) electrons. The number of imidazole rings is 1. The minimum atomic E-state index is -0.878. The standard InChI is InChI=1S/C10H9BrN2O2/c1-6-3-2-4-7-9(6)12-10(11)13(7)5-8(14)15/h2-4H,5H2,1H3,(H,14,15). The highest BCUT2D eigenvalue weighted by Gasteiger charge is 2.11. The van der Waals surface area contributed by atoms with Gasteiger partial charge in [-0.05, 0) is 34.5 Å². The van der Waals surface area contributed by atoms with Crippen molar-refractivity contribution in [2.75, 3.05) is 0 Å². The van der Waals surface area contributed by atoms with Gasteiger partial charge in [-0.3, -0.25) is 4.79 Å². The number of nitrogens with zero attached hydrogens (tertiary/aromatic N) is 2. The van der Waals surface area contributed by atoms with Crippen LogP contribution in [0.4, 0.5) is 0 Å². The molecule has 1 heterocycles. The minimum Gasteiger partial charge on any atom is -0.480 e. The Kier molecular flexibility index (Phi) is 2.48. The topological polar surface area (TPSA) is 55.1 Å². The average Bonchev–Trinajstić information content (AvgIpc) is 2.45. The maximum Gasteiger partial charge on any atom is 0.323 e. The maximum atomic E-state index is 10.7. The maximum absolute atomic E-state index is 10.7. The molecule has 0 aliphatic rings. The zero-order valence-corrected chi connectivity index (χ0v) is 9.65. The van der Waals surface area contributed by atoms with Crippen LogP contribution < -0.4 is 0 Å². The predicted octanol–water partition coefficient (Wildman–Crippen LogP) is 2.19. The van der Waals surface area contributed by atoms with Crippen molar-refractivity contribution >= 4 is 32.9 Å². The van der Waals surface area contributed by atoms with Crippen molar-refractivity contribution in [3.63, 3.8) is 0 Å². The van der Waals surface area contributed by atoms with Crippen LogP contribution in [0.15, 0.2) is 22.9 Å². The van der Waals surface area contributed by atoms with Crippen molar-refractivity contribution < 1.29 is 9.90 Å². The Morgan fingerprint density at radius 1 is 1.60 bits per heavy atom. The van der Waals surface area contributed by atoms with Crippen LogP contribution in [0.1, 0.15) is 5.56 Å². The molecule has 1 N–H and O–H groups in total. The third-order valence-electron chi connectivity index (χ3n) is 2.23. The van der Waals surface area contributed by atoms with E-state index in [1.807, 2.05) is 25.1 Å². The number of aliphatic carboxylic acids is 1. The van der Waals surface area contributed by atoms with E-state index in [0.29, 0.717) is 4.73 Å². The van der Waals surface area contributed by atoms with E-state index >= 15 is 0 Å². The first-order valence-electron chi connectivity index (χ1n) is 4.42. The van der Waals surface area contributed by atoms with Crippen LogP contribution in [0, 0.1) is 6.92 Å². The van der Waals surface area contributed by atoms with E-state index in [0.717, 1.165) is 16.6 Å². The summed E-state index contributed by atoms with van der Waals surface area (Å²) in [5.41, 5.74) is 2.72. The third-order valence-corrected chi connectivity index (χ3v) is 2.83. The molecule has 0 spiro atoms. The lowest BCUT2D eigenvalue weighted by Crippen LogP contribution is -2.08. The summed E-state index contributed by atoms with van der Waals surface area (Å²) in [5.74, 6) is -0.878. The second kappa shape index (κ2) is 3.66. The number of aromatic nitrogens is 2.